The van der Waals surface area contributed by atoms with Gasteiger partial charge in [-0.1, -0.05) is 12.2 Å². The zero-order valence-electron chi connectivity index (χ0n) is 10.4. The van der Waals surface area contributed by atoms with Gasteiger partial charge in [0.25, 0.3) is 0 Å². The van der Waals surface area contributed by atoms with E-state index >= 15 is 0 Å². The Morgan fingerprint density at radius 2 is 2.25 bits per heavy atom. The van der Waals surface area contributed by atoms with Crippen LogP contribution in [0.3, 0.4) is 0 Å². The molecule has 0 spiro atoms. The van der Waals surface area contributed by atoms with Crippen LogP contribution in [0, 0.1) is 5.92 Å². The van der Waals surface area contributed by atoms with Crippen molar-refractivity contribution in [2.75, 3.05) is 13.2 Å². The van der Waals surface area contributed by atoms with E-state index in [1.165, 1.54) is 0 Å². The third kappa shape index (κ3) is 4.79. The van der Waals surface area contributed by atoms with Crippen molar-refractivity contribution in [3.05, 3.63) is 12.2 Å². The molecule has 0 aromatic heterocycles. The lowest BCUT2D eigenvalue weighted by Crippen LogP contribution is -2.35. The Balaban J connectivity index is 1.99. The number of ether oxygens (including phenoxy) is 1. The van der Waals surface area contributed by atoms with Crippen LogP contribution in [0.15, 0.2) is 12.2 Å². The fraction of sp³-hybridized carbons (Fsp3) is 0.769. The predicted octanol–water partition coefficient (Wildman–Crippen LogP) is 2.27. The lowest BCUT2D eigenvalue weighted by molar-refractivity contribution is -0.124. The van der Waals surface area contributed by atoms with Crippen molar-refractivity contribution in [1.29, 1.82) is 0 Å². The number of carbonyl (C=O) groups is 1. The summed E-state index contributed by atoms with van der Waals surface area (Å²) in [7, 11) is 0. The largest absolute Gasteiger partial charge is 0.378 e. The number of rotatable bonds is 7. The molecule has 3 heteroatoms. The molecule has 0 aliphatic heterocycles. The predicted molar refractivity (Wildman–Crippen MR) is 65.2 cm³/mol. The van der Waals surface area contributed by atoms with Gasteiger partial charge in [-0.15, -0.1) is 0 Å². The minimum atomic E-state index is 0.185. The van der Waals surface area contributed by atoms with Crippen molar-refractivity contribution >= 4 is 5.91 Å². The monoisotopic (exact) mass is 225 g/mol. The molecule has 1 aliphatic carbocycles. The molecule has 1 rings (SSSR count). The molecule has 0 aromatic rings. The summed E-state index contributed by atoms with van der Waals surface area (Å²) in [5.74, 6) is 0.725. The molecule has 0 radical (unpaired) electrons. The van der Waals surface area contributed by atoms with Gasteiger partial charge in [-0.25, -0.2) is 0 Å². The van der Waals surface area contributed by atoms with Gasteiger partial charge in [-0.05, 0) is 39.0 Å². The summed E-state index contributed by atoms with van der Waals surface area (Å²) in [5.41, 5.74) is 0. The zero-order chi connectivity index (χ0) is 11.8. The molecule has 0 bridgehead atoms. The van der Waals surface area contributed by atoms with E-state index in [2.05, 4.69) is 11.4 Å². The van der Waals surface area contributed by atoms with E-state index in [1.54, 1.807) is 0 Å². The second kappa shape index (κ2) is 7.44. The summed E-state index contributed by atoms with van der Waals surface area (Å²) < 4.78 is 5.46. The van der Waals surface area contributed by atoms with Crippen LogP contribution in [0.2, 0.25) is 0 Å². The van der Waals surface area contributed by atoms with Crippen molar-refractivity contribution in [1.82, 2.24) is 5.32 Å². The minimum absolute atomic E-state index is 0.185. The summed E-state index contributed by atoms with van der Waals surface area (Å²) in [6.07, 6.45) is 8.17. The molecule has 1 N–H and O–H groups in total. The molecule has 92 valence electrons. The molecule has 1 fully saturated rings. The highest BCUT2D eigenvalue weighted by molar-refractivity contribution is 5.76. The van der Waals surface area contributed by atoms with Crippen LogP contribution in [0.4, 0.5) is 0 Å². The molecule has 0 atom stereocenters. The Hall–Kier alpha value is -0.830. The van der Waals surface area contributed by atoms with Crippen LogP contribution in [0.1, 0.15) is 39.5 Å². The number of amides is 1. The first-order valence-electron chi connectivity index (χ1n) is 6.25. The van der Waals surface area contributed by atoms with Gasteiger partial charge in [0.1, 0.15) is 0 Å². The van der Waals surface area contributed by atoms with E-state index in [0.717, 1.165) is 32.4 Å². The quantitative estimate of drug-likeness (QED) is 0.533. The average Bonchev–Trinajstić information content (AvgIpc) is 2.21. The van der Waals surface area contributed by atoms with Gasteiger partial charge in [0, 0.05) is 19.6 Å². The van der Waals surface area contributed by atoms with Crippen LogP contribution in [0.5, 0.6) is 0 Å². The topological polar surface area (TPSA) is 38.3 Å². The van der Waals surface area contributed by atoms with Crippen molar-refractivity contribution in [2.45, 2.75) is 45.6 Å². The van der Waals surface area contributed by atoms with Gasteiger partial charge < -0.3 is 10.1 Å². The van der Waals surface area contributed by atoms with Crippen molar-refractivity contribution in [3.8, 4) is 0 Å². The van der Waals surface area contributed by atoms with Crippen LogP contribution >= 0.6 is 0 Å². The van der Waals surface area contributed by atoms with E-state index in [-0.39, 0.29) is 5.91 Å². The third-order valence-electron chi connectivity index (χ3n) is 2.94. The van der Waals surface area contributed by atoms with Gasteiger partial charge in [0.15, 0.2) is 0 Å². The smallest absolute Gasteiger partial charge is 0.220 e. The van der Waals surface area contributed by atoms with E-state index in [9.17, 15) is 4.79 Å². The van der Waals surface area contributed by atoms with Crippen molar-refractivity contribution < 1.29 is 9.53 Å². The summed E-state index contributed by atoms with van der Waals surface area (Å²) in [4.78, 5) is 11.5. The molecule has 0 unspecified atom stereocenters. The standard InChI is InChI=1S/C13H23NO2/c1-3-5-6-7-14-13(15)10-11-8-12(9-11)16-4-2/h3,5,11-12H,4,6-10H2,1-2H3,(H,14,15)/b5-3+. The van der Waals surface area contributed by atoms with Crippen LogP contribution in [-0.4, -0.2) is 25.2 Å². The van der Waals surface area contributed by atoms with Crippen molar-refractivity contribution in [2.24, 2.45) is 5.92 Å². The first-order valence-corrected chi connectivity index (χ1v) is 6.25. The number of hydrogen-bond donors (Lipinski definition) is 1. The maximum absolute atomic E-state index is 11.5. The second-order valence-corrected chi connectivity index (χ2v) is 4.33. The normalized spacial score (nSPS) is 24.4. The van der Waals surface area contributed by atoms with E-state index in [4.69, 9.17) is 4.74 Å². The van der Waals surface area contributed by atoms with Gasteiger partial charge in [-0.2, -0.15) is 0 Å². The van der Waals surface area contributed by atoms with E-state index in [1.807, 2.05) is 19.9 Å². The summed E-state index contributed by atoms with van der Waals surface area (Å²) >= 11 is 0. The molecule has 0 aromatic carbocycles. The van der Waals surface area contributed by atoms with E-state index in [0.29, 0.717) is 18.4 Å². The maximum atomic E-state index is 11.5. The first-order chi connectivity index (χ1) is 7.76. The van der Waals surface area contributed by atoms with Crippen molar-refractivity contribution in [3.63, 3.8) is 0 Å². The van der Waals surface area contributed by atoms with Gasteiger partial charge in [0.2, 0.25) is 5.91 Å². The number of nitrogens with one attached hydrogen (secondary N) is 1. The van der Waals surface area contributed by atoms with E-state index < -0.39 is 0 Å². The first kappa shape index (κ1) is 13.2. The van der Waals surface area contributed by atoms with Gasteiger partial charge in [0.05, 0.1) is 6.10 Å². The molecular weight excluding hydrogens is 202 g/mol. The molecule has 0 heterocycles. The fourth-order valence-corrected chi connectivity index (χ4v) is 2.01. The molecule has 16 heavy (non-hydrogen) atoms. The lowest BCUT2D eigenvalue weighted by atomic mass is 9.80. The highest BCUT2D eigenvalue weighted by Crippen LogP contribution is 2.32. The fourth-order valence-electron chi connectivity index (χ4n) is 2.01. The summed E-state index contributed by atoms with van der Waals surface area (Å²) in [5, 5.41) is 2.93. The number of hydrogen-bond acceptors (Lipinski definition) is 2. The maximum Gasteiger partial charge on any atom is 0.220 e. The van der Waals surface area contributed by atoms with Crippen LogP contribution in [0.25, 0.3) is 0 Å². The highest BCUT2D eigenvalue weighted by atomic mass is 16.5. The third-order valence-corrected chi connectivity index (χ3v) is 2.94. The van der Waals surface area contributed by atoms with Crippen LogP contribution in [-0.2, 0) is 9.53 Å². The van der Waals surface area contributed by atoms with Gasteiger partial charge >= 0.3 is 0 Å². The van der Waals surface area contributed by atoms with Crippen LogP contribution < -0.4 is 5.32 Å². The molecule has 1 amide bonds. The molecule has 1 saturated carbocycles. The SMILES string of the molecule is C/C=C/CCNC(=O)CC1CC(OCC)C1. The Morgan fingerprint density at radius 1 is 1.50 bits per heavy atom. The molecule has 1 aliphatic rings. The second-order valence-electron chi connectivity index (χ2n) is 4.33. The average molecular weight is 225 g/mol. The highest BCUT2D eigenvalue weighted by Gasteiger charge is 2.30. The summed E-state index contributed by atoms with van der Waals surface area (Å²) in [6.45, 7) is 5.54. The Bertz CT molecular complexity index is 232. The number of allylic oxidation sites excluding steroid dienone is 1. The molecular formula is C13H23NO2. The minimum Gasteiger partial charge on any atom is -0.378 e. The zero-order valence-corrected chi connectivity index (χ0v) is 10.4. The molecule has 0 saturated heterocycles. The summed E-state index contributed by atoms with van der Waals surface area (Å²) in [6, 6.07) is 0. The Morgan fingerprint density at radius 3 is 2.88 bits per heavy atom. The Labute approximate surface area is 98.2 Å². The number of carbonyl (C=O) groups excluding carboxylic acids is 1. The van der Waals surface area contributed by atoms with Gasteiger partial charge in [-0.3, -0.25) is 4.79 Å². The molecule has 3 nitrogen and oxygen atoms in total. The lowest BCUT2D eigenvalue weighted by Gasteiger charge is -2.34. The Kier molecular flexibility index (Phi) is 6.16.